The monoisotopic (exact) mass is 524 g/mol. The van der Waals surface area contributed by atoms with Gasteiger partial charge in [0.15, 0.2) is 0 Å². The van der Waals surface area contributed by atoms with Crippen LogP contribution in [0.5, 0.6) is 0 Å². The van der Waals surface area contributed by atoms with Gasteiger partial charge in [-0.3, -0.25) is 23.6 Å². The first-order valence-corrected chi connectivity index (χ1v) is 11.2. The molecule has 0 bridgehead atoms. The van der Waals surface area contributed by atoms with Gasteiger partial charge in [-0.1, -0.05) is 0 Å². The number of rotatable bonds is 8. The molecule has 2 N–H and O–H groups in total. The van der Waals surface area contributed by atoms with E-state index in [1.54, 1.807) is 11.7 Å². The van der Waals surface area contributed by atoms with Crippen LogP contribution in [0.1, 0.15) is 59.7 Å². The molecule has 33 heavy (non-hydrogen) atoms. The molecule has 2 amide bonds. The van der Waals surface area contributed by atoms with E-state index < -0.39 is 18.2 Å². The van der Waals surface area contributed by atoms with Crippen molar-refractivity contribution in [3.05, 3.63) is 39.6 Å². The number of carbonyl (C=O) groups excluding carboxylic acids is 2. The SMILES string of the molecule is CCn1ncc(NC(=O)Cn2nc(C(F)F)c(Br)c2C2CC2)c1C(=O)Nc1cnn(C)c1C. The molecule has 13 heteroatoms. The summed E-state index contributed by atoms with van der Waals surface area (Å²) >= 11 is 3.21. The van der Waals surface area contributed by atoms with E-state index in [4.69, 9.17) is 0 Å². The first kappa shape index (κ1) is 23.1. The number of hydrogen-bond acceptors (Lipinski definition) is 5. The molecule has 176 valence electrons. The highest BCUT2D eigenvalue weighted by atomic mass is 79.9. The average Bonchev–Trinajstić information content (AvgIpc) is 3.33. The lowest BCUT2D eigenvalue weighted by Gasteiger charge is -2.11. The Kier molecular flexibility index (Phi) is 6.32. The van der Waals surface area contributed by atoms with Crippen LogP contribution >= 0.6 is 15.9 Å². The molecule has 0 unspecified atom stereocenters. The molecule has 10 nitrogen and oxygen atoms in total. The predicted octanol–water partition coefficient (Wildman–Crippen LogP) is 3.61. The lowest BCUT2D eigenvalue weighted by atomic mass is 10.2. The Balaban J connectivity index is 1.55. The Morgan fingerprint density at radius 2 is 1.88 bits per heavy atom. The lowest BCUT2D eigenvalue weighted by Crippen LogP contribution is -2.24. The van der Waals surface area contributed by atoms with E-state index in [1.165, 1.54) is 21.8 Å². The molecule has 1 aliphatic carbocycles. The second-order valence-corrected chi connectivity index (χ2v) is 8.60. The highest BCUT2D eigenvalue weighted by molar-refractivity contribution is 9.10. The highest BCUT2D eigenvalue weighted by Crippen LogP contribution is 2.45. The second kappa shape index (κ2) is 9.04. The van der Waals surface area contributed by atoms with Gasteiger partial charge in [-0.15, -0.1) is 0 Å². The number of hydrogen-bond donors (Lipinski definition) is 2. The largest absolute Gasteiger partial charge is 0.321 e. The van der Waals surface area contributed by atoms with Crippen LogP contribution in [0.3, 0.4) is 0 Å². The minimum absolute atomic E-state index is 0.0964. The number of nitrogens with one attached hydrogen (secondary N) is 2. The minimum Gasteiger partial charge on any atom is -0.321 e. The number of alkyl halides is 2. The number of anilines is 2. The van der Waals surface area contributed by atoms with Crippen LogP contribution in [-0.2, 0) is 24.9 Å². The van der Waals surface area contributed by atoms with Gasteiger partial charge in [-0.05, 0) is 42.6 Å². The van der Waals surface area contributed by atoms with Gasteiger partial charge in [-0.2, -0.15) is 15.3 Å². The van der Waals surface area contributed by atoms with Crippen LogP contribution in [0.2, 0.25) is 0 Å². The van der Waals surface area contributed by atoms with Crippen molar-refractivity contribution in [2.45, 2.75) is 52.1 Å². The number of nitrogens with zero attached hydrogens (tertiary/aromatic N) is 6. The third kappa shape index (κ3) is 4.54. The standard InChI is InChI=1S/C20H23BrF2N8O2/c1-4-30-18(20(33)27-12-7-24-29(3)10(12)2)13(8-25-30)26-14(32)9-31-17(11-5-6-11)15(21)16(28-31)19(22)23/h7-8,11,19H,4-6,9H2,1-3H3,(H,26,32)(H,27,33). The Hall–Kier alpha value is -3.09. The van der Waals surface area contributed by atoms with Crippen molar-refractivity contribution in [1.29, 1.82) is 0 Å². The second-order valence-electron chi connectivity index (χ2n) is 7.81. The van der Waals surface area contributed by atoms with E-state index >= 15 is 0 Å². The molecule has 0 aliphatic heterocycles. The van der Waals surface area contributed by atoms with Gasteiger partial charge in [0.05, 0.1) is 39.6 Å². The van der Waals surface area contributed by atoms with E-state index in [-0.39, 0.29) is 34.0 Å². The van der Waals surface area contributed by atoms with Crippen LogP contribution in [0.15, 0.2) is 16.9 Å². The van der Waals surface area contributed by atoms with E-state index in [2.05, 4.69) is 41.9 Å². The number of aromatic nitrogens is 6. The fraction of sp³-hybridized carbons (Fsp3) is 0.450. The fourth-order valence-electron chi connectivity index (χ4n) is 3.56. The fourth-order valence-corrected chi connectivity index (χ4v) is 4.34. The van der Waals surface area contributed by atoms with Gasteiger partial charge in [0.1, 0.15) is 17.9 Å². The Labute approximate surface area is 196 Å². The molecule has 3 aromatic heterocycles. The number of aryl methyl sites for hydroxylation is 2. The first-order valence-electron chi connectivity index (χ1n) is 10.4. The highest BCUT2D eigenvalue weighted by Gasteiger charge is 2.34. The van der Waals surface area contributed by atoms with Gasteiger partial charge in [0.2, 0.25) is 5.91 Å². The van der Waals surface area contributed by atoms with Crippen LogP contribution < -0.4 is 10.6 Å². The molecule has 0 radical (unpaired) electrons. The molecule has 3 aromatic rings. The summed E-state index contributed by atoms with van der Waals surface area (Å²) in [6.07, 6.45) is 1.88. The number of carbonyl (C=O) groups is 2. The molecule has 1 saturated carbocycles. The van der Waals surface area contributed by atoms with Crippen molar-refractivity contribution in [3.63, 3.8) is 0 Å². The maximum absolute atomic E-state index is 13.3. The lowest BCUT2D eigenvalue weighted by molar-refractivity contribution is -0.117. The van der Waals surface area contributed by atoms with E-state index in [0.29, 0.717) is 17.9 Å². The molecule has 1 aliphatic rings. The summed E-state index contributed by atoms with van der Waals surface area (Å²) in [4.78, 5) is 25.8. The van der Waals surface area contributed by atoms with Crippen molar-refractivity contribution >= 4 is 39.1 Å². The molecule has 4 rings (SSSR count). The maximum atomic E-state index is 13.3. The van der Waals surface area contributed by atoms with Crippen LogP contribution in [0.4, 0.5) is 20.2 Å². The molecule has 0 saturated heterocycles. The smallest absolute Gasteiger partial charge is 0.283 e. The molecule has 0 aromatic carbocycles. The van der Waals surface area contributed by atoms with E-state index in [0.717, 1.165) is 18.5 Å². The summed E-state index contributed by atoms with van der Waals surface area (Å²) in [6.45, 7) is 3.77. The molecule has 3 heterocycles. The van der Waals surface area contributed by atoms with Gasteiger partial charge in [0.25, 0.3) is 12.3 Å². The topological polar surface area (TPSA) is 112 Å². The van der Waals surface area contributed by atoms with Crippen LogP contribution in [0.25, 0.3) is 0 Å². The predicted molar refractivity (Wildman–Crippen MR) is 119 cm³/mol. The van der Waals surface area contributed by atoms with Gasteiger partial charge >= 0.3 is 0 Å². The Bertz CT molecular complexity index is 1210. The zero-order chi connectivity index (χ0) is 23.9. The quantitative estimate of drug-likeness (QED) is 0.467. The van der Waals surface area contributed by atoms with Crippen LogP contribution in [-0.4, -0.2) is 41.2 Å². The summed E-state index contributed by atoms with van der Waals surface area (Å²) in [5.74, 6) is -0.865. The zero-order valence-corrected chi connectivity index (χ0v) is 19.9. The number of amides is 2. The van der Waals surface area contributed by atoms with Gasteiger partial charge < -0.3 is 10.6 Å². The summed E-state index contributed by atoms with van der Waals surface area (Å²) in [5, 5.41) is 17.7. The summed E-state index contributed by atoms with van der Waals surface area (Å²) in [6, 6.07) is 0. The normalized spacial score (nSPS) is 13.5. The van der Waals surface area contributed by atoms with E-state index in [9.17, 15) is 18.4 Å². The maximum Gasteiger partial charge on any atom is 0.283 e. The minimum atomic E-state index is -2.75. The van der Waals surface area contributed by atoms with Gasteiger partial charge in [0, 0.05) is 19.5 Å². The van der Waals surface area contributed by atoms with Gasteiger partial charge in [-0.25, -0.2) is 8.78 Å². The average molecular weight is 525 g/mol. The molecule has 1 fully saturated rings. The Morgan fingerprint density at radius 1 is 1.18 bits per heavy atom. The van der Waals surface area contributed by atoms with E-state index in [1.807, 2.05) is 13.8 Å². The summed E-state index contributed by atoms with van der Waals surface area (Å²) < 4.78 is 31.3. The first-order chi connectivity index (χ1) is 15.7. The zero-order valence-electron chi connectivity index (χ0n) is 18.3. The summed E-state index contributed by atoms with van der Waals surface area (Å²) in [7, 11) is 1.76. The number of halogens is 3. The van der Waals surface area contributed by atoms with Crippen molar-refractivity contribution < 1.29 is 18.4 Å². The Morgan fingerprint density at radius 3 is 2.45 bits per heavy atom. The molecule has 0 spiro atoms. The molecule has 0 atom stereocenters. The van der Waals surface area contributed by atoms with Crippen molar-refractivity contribution in [2.75, 3.05) is 10.6 Å². The molecular formula is C20H23BrF2N8O2. The summed E-state index contributed by atoms with van der Waals surface area (Å²) in [5.41, 5.74) is 1.91. The molecular weight excluding hydrogens is 502 g/mol. The van der Waals surface area contributed by atoms with Crippen molar-refractivity contribution in [3.8, 4) is 0 Å². The van der Waals surface area contributed by atoms with Crippen molar-refractivity contribution in [1.82, 2.24) is 29.3 Å². The third-order valence-corrected chi connectivity index (χ3v) is 6.34. The van der Waals surface area contributed by atoms with Crippen LogP contribution in [0, 0.1) is 6.92 Å². The van der Waals surface area contributed by atoms with Crippen molar-refractivity contribution in [2.24, 2.45) is 7.05 Å². The third-order valence-electron chi connectivity index (χ3n) is 5.53.